The molecule has 3 rings (SSSR count). The van der Waals surface area contributed by atoms with Crippen LogP contribution in [0, 0.1) is 0 Å². The van der Waals surface area contributed by atoms with Crippen molar-refractivity contribution < 1.29 is 13.1 Å². The average Bonchev–Trinajstić information content (AvgIpc) is 2.63. The molecule has 27 heavy (non-hydrogen) atoms. The van der Waals surface area contributed by atoms with E-state index >= 15 is 0 Å². The fraction of sp³-hybridized carbons (Fsp3) is 0.273. The molecule has 0 saturated heterocycles. The Labute approximate surface area is 163 Å². The molecule has 0 aliphatic heterocycles. The number of fused-ring (bicyclic) bond motifs is 1. The van der Waals surface area contributed by atoms with E-state index in [4.69, 9.17) is 8.92 Å². The molecule has 0 fully saturated rings. The summed E-state index contributed by atoms with van der Waals surface area (Å²) in [4.78, 5) is 0. The van der Waals surface area contributed by atoms with E-state index in [1.807, 2.05) is 68.4 Å². The SMILES string of the molecule is CCCC(C)(C)OS(=O)Nc1ccc(Oc2cccc3ccccc23)cc1. The molecule has 0 amide bonds. The van der Waals surface area contributed by atoms with Gasteiger partial charge in [0.2, 0.25) is 0 Å². The molecule has 0 saturated carbocycles. The summed E-state index contributed by atoms with van der Waals surface area (Å²) in [5.41, 5.74) is 0.287. The van der Waals surface area contributed by atoms with Crippen LogP contribution in [-0.4, -0.2) is 9.81 Å². The monoisotopic (exact) mass is 383 g/mol. The van der Waals surface area contributed by atoms with Crippen molar-refractivity contribution in [2.24, 2.45) is 0 Å². The molecule has 4 nitrogen and oxygen atoms in total. The minimum atomic E-state index is -1.60. The quantitative estimate of drug-likeness (QED) is 0.502. The standard InChI is InChI=1S/C22H25NO3S/c1-4-16-22(2,3)26-27(24)23-18-12-14-19(15-13-18)25-21-11-7-9-17-8-5-6-10-20(17)21/h5-15,23H,4,16H2,1-3H3. The molecule has 0 aliphatic rings. The Kier molecular flexibility index (Phi) is 6.14. The number of ether oxygens (including phenoxy) is 1. The zero-order valence-electron chi connectivity index (χ0n) is 15.9. The Balaban J connectivity index is 1.66. The molecule has 5 heteroatoms. The van der Waals surface area contributed by atoms with Crippen LogP contribution in [0.3, 0.4) is 0 Å². The lowest BCUT2D eigenvalue weighted by molar-refractivity contribution is 0.118. The first-order valence-electron chi connectivity index (χ1n) is 9.10. The molecular weight excluding hydrogens is 358 g/mol. The van der Waals surface area contributed by atoms with Gasteiger partial charge in [-0.3, -0.25) is 8.91 Å². The van der Waals surface area contributed by atoms with Crippen LogP contribution in [0.15, 0.2) is 66.7 Å². The van der Waals surface area contributed by atoms with Crippen LogP contribution in [-0.2, 0) is 15.4 Å². The van der Waals surface area contributed by atoms with Gasteiger partial charge < -0.3 is 4.74 Å². The first-order chi connectivity index (χ1) is 13.0. The second-order valence-electron chi connectivity index (χ2n) is 7.03. The average molecular weight is 384 g/mol. The molecule has 142 valence electrons. The lowest BCUT2D eigenvalue weighted by Gasteiger charge is -2.23. The Morgan fingerprint density at radius 3 is 2.41 bits per heavy atom. The van der Waals surface area contributed by atoms with Crippen molar-refractivity contribution in [1.82, 2.24) is 0 Å². The van der Waals surface area contributed by atoms with Crippen LogP contribution in [0.2, 0.25) is 0 Å². The normalized spacial score (nSPS) is 12.7. The van der Waals surface area contributed by atoms with E-state index < -0.39 is 16.9 Å². The molecule has 0 bridgehead atoms. The molecule has 3 aromatic carbocycles. The maximum absolute atomic E-state index is 12.2. The fourth-order valence-electron chi connectivity index (χ4n) is 2.97. The second-order valence-corrected chi connectivity index (χ2v) is 7.87. The van der Waals surface area contributed by atoms with E-state index in [1.165, 1.54) is 0 Å². The first kappa shape index (κ1) is 19.4. The molecule has 1 unspecified atom stereocenters. The highest BCUT2D eigenvalue weighted by atomic mass is 32.2. The summed E-state index contributed by atoms with van der Waals surface area (Å²) in [6.07, 6.45) is 1.82. The number of benzene rings is 3. The first-order valence-corrected chi connectivity index (χ1v) is 10.2. The predicted octanol–water partition coefficient (Wildman–Crippen LogP) is 6.22. The molecule has 0 heterocycles. The van der Waals surface area contributed by atoms with E-state index in [9.17, 15) is 4.21 Å². The zero-order chi connectivity index (χ0) is 19.3. The van der Waals surface area contributed by atoms with E-state index in [1.54, 1.807) is 0 Å². The van der Waals surface area contributed by atoms with Gasteiger partial charge >= 0.3 is 0 Å². The minimum Gasteiger partial charge on any atom is -0.457 e. The molecule has 0 radical (unpaired) electrons. The third-order valence-corrected chi connectivity index (χ3v) is 5.19. The topological polar surface area (TPSA) is 47.6 Å². The van der Waals surface area contributed by atoms with Crippen LogP contribution in [0.4, 0.5) is 5.69 Å². The van der Waals surface area contributed by atoms with Gasteiger partial charge in [-0.2, -0.15) is 0 Å². The Morgan fingerprint density at radius 2 is 1.67 bits per heavy atom. The lowest BCUT2D eigenvalue weighted by Crippen LogP contribution is -2.27. The third kappa shape index (κ3) is 5.31. The van der Waals surface area contributed by atoms with Gasteiger partial charge in [0.25, 0.3) is 11.3 Å². The molecule has 0 aromatic heterocycles. The van der Waals surface area contributed by atoms with Gasteiger partial charge in [0, 0.05) is 11.1 Å². The van der Waals surface area contributed by atoms with Crippen LogP contribution in [0.25, 0.3) is 10.8 Å². The Morgan fingerprint density at radius 1 is 0.963 bits per heavy atom. The number of hydrogen-bond donors (Lipinski definition) is 1. The second kappa shape index (κ2) is 8.55. The smallest absolute Gasteiger partial charge is 0.262 e. The summed E-state index contributed by atoms with van der Waals surface area (Å²) < 4.78 is 26.7. The van der Waals surface area contributed by atoms with Gasteiger partial charge in [0.1, 0.15) is 11.5 Å². The summed E-state index contributed by atoms with van der Waals surface area (Å²) in [7, 11) is 0. The molecule has 3 aromatic rings. The van der Waals surface area contributed by atoms with E-state index in [0.717, 1.165) is 35.1 Å². The number of hydrogen-bond acceptors (Lipinski definition) is 3. The molecule has 0 spiro atoms. The van der Waals surface area contributed by atoms with Gasteiger partial charge in [-0.15, -0.1) is 0 Å². The predicted molar refractivity (Wildman–Crippen MR) is 112 cm³/mol. The van der Waals surface area contributed by atoms with E-state index in [0.29, 0.717) is 5.69 Å². The number of nitrogens with one attached hydrogen (secondary N) is 1. The highest BCUT2D eigenvalue weighted by molar-refractivity contribution is 7.81. The van der Waals surface area contributed by atoms with Crippen LogP contribution < -0.4 is 9.46 Å². The van der Waals surface area contributed by atoms with E-state index in [2.05, 4.69) is 23.8 Å². The summed E-state index contributed by atoms with van der Waals surface area (Å²) in [6.45, 7) is 5.96. The molecule has 1 N–H and O–H groups in total. The van der Waals surface area contributed by atoms with Crippen molar-refractivity contribution in [1.29, 1.82) is 0 Å². The van der Waals surface area contributed by atoms with Crippen LogP contribution >= 0.6 is 0 Å². The van der Waals surface area contributed by atoms with Gasteiger partial charge in [-0.25, -0.2) is 4.21 Å². The van der Waals surface area contributed by atoms with Crippen molar-refractivity contribution in [3.8, 4) is 11.5 Å². The molecule has 1 atom stereocenters. The largest absolute Gasteiger partial charge is 0.457 e. The summed E-state index contributed by atoms with van der Waals surface area (Å²) in [5.74, 6) is 1.52. The number of anilines is 1. The van der Waals surface area contributed by atoms with Crippen molar-refractivity contribution in [2.75, 3.05) is 4.72 Å². The Bertz CT molecular complexity index is 917. The lowest BCUT2D eigenvalue weighted by atomic mass is 10.0. The third-order valence-electron chi connectivity index (χ3n) is 4.19. The highest BCUT2D eigenvalue weighted by Crippen LogP contribution is 2.30. The van der Waals surface area contributed by atoms with Crippen LogP contribution in [0.1, 0.15) is 33.6 Å². The highest BCUT2D eigenvalue weighted by Gasteiger charge is 2.21. The summed E-state index contributed by atoms with van der Waals surface area (Å²) in [5, 5.41) is 2.20. The summed E-state index contributed by atoms with van der Waals surface area (Å²) in [6, 6.07) is 21.4. The van der Waals surface area contributed by atoms with Gasteiger partial charge in [0.15, 0.2) is 0 Å². The van der Waals surface area contributed by atoms with Gasteiger partial charge in [-0.1, -0.05) is 49.7 Å². The zero-order valence-corrected chi connectivity index (χ0v) is 16.7. The molecule has 0 aliphatic carbocycles. The fourth-order valence-corrected chi connectivity index (χ4v) is 3.83. The maximum atomic E-state index is 12.2. The maximum Gasteiger partial charge on any atom is 0.262 e. The van der Waals surface area contributed by atoms with Gasteiger partial charge in [0.05, 0.1) is 5.60 Å². The van der Waals surface area contributed by atoms with Crippen molar-refractivity contribution >= 4 is 27.7 Å². The van der Waals surface area contributed by atoms with Crippen LogP contribution in [0.5, 0.6) is 11.5 Å². The van der Waals surface area contributed by atoms with Crippen molar-refractivity contribution in [2.45, 2.75) is 39.2 Å². The van der Waals surface area contributed by atoms with Crippen molar-refractivity contribution in [3.05, 3.63) is 66.7 Å². The number of rotatable bonds is 8. The van der Waals surface area contributed by atoms with E-state index in [-0.39, 0.29) is 0 Å². The van der Waals surface area contributed by atoms with Gasteiger partial charge in [-0.05, 0) is 56.0 Å². The summed E-state index contributed by atoms with van der Waals surface area (Å²) >= 11 is -1.60. The van der Waals surface area contributed by atoms with Crippen molar-refractivity contribution in [3.63, 3.8) is 0 Å². The Hall–Kier alpha value is -2.37. The molecular formula is C22H25NO3S. The minimum absolute atomic E-state index is 0.427.